The molecule has 1 aromatic heterocycles. The smallest absolute Gasteiger partial charge is 0.247 e. The number of rotatable bonds is 5. The molecule has 0 radical (unpaired) electrons. The molecule has 3 amide bonds. The fraction of sp³-hybridized carbons (Fsp3) is 0.136. The summed E-state index contributed by atoms with van der Waals surface area (Å²) in [6.45, 7) is 1.42. The van der Waals surface area contributed by atoms with Gasteiger partial charge in [-0.15, -0.1) is 11.8 Å². The Morgan fingerprint density at radius 3 is 2.21 bits per heavy atom. The number of hydrogen-bond donors (Lipinski definition) is 1. The minimum absolute atomic E-state index is 0.163. The first kappa shape index (κ1) is 19.0. The zero-order valence-corrected chi connectivity index (χ0v) is 16.6. The number of hydrogen-bond acceptors (Lipinski definition) is 4. The van der Waals surface area contributed by atoms with Gasteiger partial charge in [0.05, 0.1) is 10.9 Å². The van der Waals surface area contributed by atoms with Crippen LogP contribution in [0.5, 0.6) is 0 Å². The Hall–Kier alpha value is -3.32. The van der Waals surface area contributed by atoms with Crippen molar-refractivity contribution in [1.29, 1.82) is 0 Å². The van der Waals surface area contributed by atoms with E-state index in [4.69, 9.17) is 0 Å². The maximum Gasteiger partial charge on any atom is 0.247 e. The van der Waals surface area contributed by atoms with E-state index < -0.39 is 5.25 Å². The maximum atomic E-state index is 12.8. The van der Waals surface area contributed by atoms with E-state index >= 15 is 0 Å². The van der Waals surface area contributed by atoms with Crippen LogP contribution in [0.1, 0.15) is 13.3 Å². The molecule has 29 heavy (non-hydrogen) atoms. The van der Waals surface area contributed by atoms with Gasteiger partial charge in [-0.3, -0.25) is 14.4 Å². The Kier molecular flexibility index (Phi) is 5.22. The quantitative estimate of drug-likeness (QED) is 0.655. The molecule has 0 aliphatic carbocycles. The molecule has 1 unspecified atom stereocenters. The van der Waals surface area contributed by atoms with Crippen LogP contribution in [0.15, 0.2) is 78.0 Å². The van der Waals surface area contributed by atoms with Crippen LogP contribution in [0.2, 0.25) is 0 Å². The van der Waals surface area contributed by atoms with Gasteiger partial charge in [-0.05, 0) is 60.7 Å². The molecule has 1 saturated heterocycles. The molecule has 1 atom stereocenters. The van der Waals surface area contributed by atoms with Crippen LogP contribution in [0, 0.1) is 0 Å². The second-order valence-electron chi connectivity index (χ2n) is 6.69. The lowest BCUT2D eigenvalue weighted by atomic mass is 10.2. The van der Waals surface area contributed by atoms with Gasteiger partial charge in [-0.1, -0.05) is 0 Å². The fourth-order valence-electron chi connectivity index (χ4n) is 3.23. The van der Waals surface area contributed by atoms with Crippen molar-refractivity contribution >= 4 is 40.9 Å². The van der Waals surface area contributed by atoms with Crippen LogP contribution in [0.3, 0.4) is 0 Å². The van der Waals surface area contributed by atoms with Crippen LogP contribution >= 0.6 is 11.8 Å². The standard InChI is InChI=1S/C22H19N3O3S/c1-15(26)23-16-4-6-18(7-5-16)25-21(27)14-20(22(25)28)29-19-10-8-17(9-11-19)24-12-2-3-13-24/h2-13,20H,14H2,1H3,(H,23,26). The molecule has 0 saturated carbocycles. The van der Waals surface area contributed by atoms with Gasteiger partial charge in [0.1, 0.15) is 0 Å². The molecule has 3 aromatic rings. The van der Waals surface area contributed by atoms with Crippen LogP contribution < -0.4 is 10.2 Å². The molecule has 4 rings (SSSR count). The predicted octanol–water partition coefficient (Wildman–Crippen LogP) is 3.86. The average molecular weight is 405 g/mol. The summed E-state index contributed by atoms with van der Waals surface area (Å²) in [7, 11) is 0. The minimum Gasteiger partial charge on any atom is -0.326 e. The number of imide groups is 1. The number of thioether (sulfide) groups is 1. The van der Waals surface area contributed by atoms with E-state index in [1.54, 1.807) is 24.3 Å². The summed E-state index contributed by atoms with van der Waals surface area (Å²) in [6, 6.07) is 18.5. The van der Waals surface area contributed by atoms with Crippen LogP contribution in [0.4, 0.5) is 11.4 Å². The third kappa shape index (κ3) is 4.09. The van der Waals surface area contributed by atoms with Crippen molar-refractivity contribution in [2.75, 3.05) is 10.2 Å². The van der Waals surface area contributed by atoms with E-state index in [2.05, 4.69) is 5.32 Å². The highest BCUT2D eigenvalue weighted by Gasteiger charge is 2.40. The Morgan fingerprint density at radius 2 is 1.59 bits per heavy atom. The van der Waals surface area contributed by atoms with E-state index in [0.29, 0.717) is 11.4 Å². The molecule has 7 heteroatoms. The monoisotopic (exact) mass is 405 g/mol. The summed E-state index contributed by atoms with van der Waals surface area (Å²) in [5, 5.41) is 2.22. The highest BCUT2D eigenvalue weighted by Crippen LogP contribution is 2.34. The van der Waals surface area contributed by atoms with Gasteiger partial charge < -0.3 is 9.88 Å². The number of amides is 3. The van der Waals surface area contributed by atoms with Gasteiger partial charge in [0.2, 0.25) is 17.7 Å². The van der Waals surface area contributed by atoms with E-state index in [-0.39, 0.29) is 24.1 Å². The first-order chi connectivity index (χ1) is 14.0. The van der Waals surface area contributed by atoms with Crippen molar-refractivity contribution in [1.82, 2.24) is 4.57 Å². The minimum atomic E-state index is -0.449. The number of carbonyl (C=O) groups excluding carboxylic acids is 3. The summed E-state index contributed by atoms with van der Waals surface area (Å²) >= 11 is 1.40. The molecule has 1 fully saturated rings. The number of nitrogens with one attached hydrogen (secondary N) is 1. The van der Waals surface area contributed by atoms with Crippen molar-refractivity contribution in [3.63, 3.8) is 0 Å². The van der Waals surface area contributed by atoms with Crippen molar-refractivity contribution < 1.29 is 14.4 Å². The van der Waals surface area contributed by atoms with Crippen molar-refractivity contribution in [2.24, 2.45) is 0 Å². The van der Waals surface area contributed by atoms with Crippen molar-refractivity contribution in [2.45, 2.75) is 23.5 Å². The molecule has 1 aliphatic heterocycles. The lowest BCUT2D eigenvalue weighted by Crippen LogP contribution is -2.31. The highest BCUT2D eigenvalue weighted by atomic mass is 32.2. The van der Waals surface area contributed by atoms with Gasteiger partial charge >= 0.3 is 0 Å². The highest BCUT2D eigenvalue weighted by molar-refractivity contribution is 8.00. The number of aromatic nitrogens is 1. The average Bonchev–Trinajstić information content (AvgIpc) is 3.32. The third-order valence-corrected chi connectivity index (χ3v) is 5.77. The normalized spacial score (nSPS) is 16.3. The zero-order valence-electron chi connectivity index (χ0n) is 15.7. The largest absolute Gasteiger partial charge is 0.326 e. The van der Waals surface area contributed by atoms with Gasteiger partial charge in [0, 0.05) is 42.0 Å². The molecule has 0 bridgehead atoms. The van der Waals surface area contributed by atoms with Crippen LogP contribution in [0.25, 0.3) is 5.69 Å². The summed E-state index contributed by atoms with van der Waals surface area (Å²) < 4.78 is 2.01. The molecule has 146 valence electrons. The van der Waals surface area contributed by atoms with Gasteiger partial charge in [0.15, 0.2) is 0 Å². The second-order valence-corrected chi connectivity index (χ2v) is 7.97. The predicted molar refractivity (Wildman–Crippen MR) is 113 cm³/mol. The first-order valence-electron chi connectivity index (χ1n) is 9.16. The van der Waals surface area contributed by atoms with Crippen molar-refractivity contribution in [3.05, 3.63) is 73.1 Å². The van der Waals surface area contributed by atoms with E-state index in [1.165, 1.54) is 23.6 Å². The Labute approximate surface area is 172 Å². The molecular formula is C22H19N3O3S. The third-order valence-electron chi connectivity index (χ3n) is 4.57. The Morgan fingerprint density at radius 1 is 0.966 bits per heavy atom. The van der Waals surface area contributed by atoms with Crippen molar-refractivity contribution in [3.8, 4) is 5.69 Å². The summed E-state index contributed by atoms with van der Waals surface area (Å²) in [5.41, 5.74) is 2.17. The summed E-state index contributed by atoms with van der Waals surface area (Å²) in [5.74, 6) is -0.615. The SMILES string of the molecule is CC(=O)Nc1ccc(N2C(=O)CC(Sc3ccc(-n4cccc4)cc3)C2=O)cc1. The molecule has 2 aromatic carbocycles. The van der Waals surface area contributed by atoms with Crippen LogP contribution in [-0.4, -0.2) is 27.5 Å². The van der Waals surface area contributed by atoms with E-state index in [1.807, 2.05) is 53.4 Å². The lowest BCUT2D eigenvalue weighted by molar-refractivity contribution is -0.121. The van der Waals surface area contributed by atoms with E-state index in [0.717, 1.165) is 10.6 Å². The number of carbonyl (C=O) groups is 3. The molecule has 2 heterocycles. The van der Waals surface area contributed by atoms with Gasteiger partial charge in [0.25, 0.3) is 0 Å². The van der Waals surface area contributed by atoms with E-state index in [9.17, 15) is 14.4 Å². The second kappa shape index (κ2) is 7.97. The molecule has 1 aliphatic rings. The first-order valence-corrected chi connectivity index (χ1v) is 10.0. The Balaban J connectivity index is 1.46. The molecule has 1 N–H and O–H groups in total. The fourth-order valence-corrected chi connectivity index (χ4v) is 4.29. The number of anilines is 2. The summed E-state index contributed by atoms with van der Waals surface area (Å²) in [4.78, 5) is 38.6. The maximum absolute atomic E-state index is 12.8. The number of nitrogens with zero attached hydrogens (tertiary/aromatic N) is 2. The van der Waals surface area contributed by atoms with Crippen LogP contribution in [-0.2, 0) is 14.4 Å². The van der Waals surface area contributed by atoms with Gasteiger partial charge in [-0.25, -0.2) is 4.90 Å². The molecule has 0 spiro atoms. The zero-order chi connectivity index (χ0) is 20.4. The molecular weight excluding hydrogens is 386 g/mol. The Bertz CT molecular complexity index is 1040. The number of benzene rings is 2. The summed E-state index contributed by atoms with van der Waals surface area (Å²) in [6.07, 6.45) is 4.10. The lowest BCUT2D eigenvalue weighted by Gasteiger charge is -2.15. The van der Waals surface area contributed by atoms with Gasteiger partial charge in [-0.2, -0.15) is 0 Å². The topological polar surface area (TPSA) is 71.4 Å². The molecule has 6 nitrogen and oxygen atoms in total.